The zero-order chi connectivity index (χ0) is 31.1. The van der Waals surface area contributed by atoms with E-state index in [2.05, 4.69) is 103 Å². The summed E-state index contributed by atoms with van der Waals surface area (Å²) in [6.07, 6.45) is 0. The Morgan fingerprint density at radius 1 is 0.383 bits per heavy atom. The molecule has 0 aliphatic carbocycles. The second-order valence-electron chi connectivity index (χ2n) is 12.2. The topological polar surface area (TPSA) is 47.8 Å². The molecule has 1 N–H and O–H groups in total. The zero-order valence-corrected chi connectivity index (χ0v) is 25.2. The molecule has 0 bridgehead atoms. The maximum atomic E-state index is 13.5. The molecule has 7 aromatic carbocycles. The first-order valence-electron chi connectivity index (χ1n) is 15.8. The average Bonchev–Trinajstić information content (AvgIpc) is 3.66. The minimum absolute atomic E-state index is 0.342. The fraction of sp³-hybridized carbons (Fsp3) is 0. The molecule has 10 rings (SSSR count). The third kappa shape index (κ3) is 3.96. The van der Waals surface area contributed by atoms with Crippen molar-refractivity contribution in [3.63, 3.8) is 0 Å². The lowest BCUT2D eigenvalue weighted by atomic mass is 9.97. The molecule has 0 fully saturated rings. The van der Waals surface area contributed by atoms with Gasteiger partial charge in [-0.15, -0.1) is 0 Å². The predicted octanol–water partition coefficient (Wildman–Crippen LogP) is 10.3. The van der Waals surface area contributed by atoms with E-state index in [0.29, 0.717) is 11.0 Å². The van der Waals surface area contributed by atoms with Crippen LogP contribution >= 0.6 is 0 Å². The van der Waals surface area contributed by atoms with E-state index in [4.69, 9.17) is 8.83 Å². The number of rotatable bonds is 3. The number of para-hydroxylation sites is 3. The molecule has 1 atom stereocenters. The quantitative estimate of drug-likeness (QED) is 0.161. The largest absolute Gasteiger partial charge is 0.456 e. The van der Waals surface area contributed by atoms with Crippen LogP contribution in [0.15, 0.2) is 165 Å². The van der Waals surface area contributed by atoms with E-state index in [1.54, 1.807) is 0 Å². The highest BCUT2D eigenvalue weighted by Gasteiger charge is 2.33. The Bertz CT molecular complexity index is 2770. The van der Waals surface area contributed by atoms with E-state index in [1.807, 2.05) is 48.5 Å². The minimum atomic E-state index is -0.342. The lowest BCUT2D eigenvalue weighted by molar-refractivity contribution is -0.677. The summed E-state index contributed by atoms with van der Waals surface area (Å²) in [6.45, 7) is 0. The van der Waals surface area contributed by atoms with Gasteiger partial charge in [0.2, 0.25) is 0 Å². The van der Waals surface area contributed by atoms with Gasteiger partial charge in [-0.05, 0) is 88.3 Å². The summed E-state index contributed by atoms with van der Waals surface area (Å²) in [5, 5.41) is 4.49. The Morgan fingerprint density at radius 3 is 1.89 bits per heavy atom. The standard InChI is InChI=1S/C43H25NO3/c45-43-37-23-26(27-17-21-41-36(22-27)34-11-5-7-13-40(34)46-41)14-18-31(37)35-20-16-29(25-42(35)47-43)28-15-19-33-32-10-4-6-12-38(32)44(39(33)24-28)30-8-2-1-3-9-30/h1-25H/p+1. The summed E-state index contributed by atoms with van der Waals surface area (Å²) in [6, 6.07) is 52.3. The molecule has 3 heterocycles. The molecular formula is C43H26NO3+. The maximum absolute atomic E-state index is 13.5. The maximum Gasteiger partial charge on any atom is 0.344 e. The highest BCUT2D eigenvalue weighted by Crippen LogP contribution is 2.41. The van der Waals surface area contributed by atoms with E-state index >= 15 is 0 Å². The Hall–Kier alpha value is -6.23. The van der Waals surface area contributed by atoms with Crippen LogP contribution in [-0.4, -0.2) is 0 Å². The zero-order valence-electron chi connectivity index (χ0n) is 25.2. The molecular weight excluding hydrogens is 578 g/mol. The van der Waals surface area contributed by atoms with Gasteiger partial charge in [0, 0.05) is 39.4 Å². The number of fused-ring (bicyclic) bond motifs is 9. The second kappa shape index (κ2) is 9.88. The molecule has 0 saturated heterocycles. The minimum Gasteiger partial charge on any atom is -0.456 e. The fourth-order valence-corrected chi connectivity index (χ4v) is 7.36. The van der Waals surface area contributed by atoms with Crippen LogP contribution in [0.4, 0.5) is 17.1 Å². The van der Waals surface area contributed by atoms with Crippen LogP contribution in [-0.2, 0) is 0 Å². The van der Waals surface area contributed by atoms with Crippen LogP contribution in [0.1, 0.15) is 0 Å². The SMILES string of the molecule is O=c1oc2cc(-c3ccc4c(c3)[NH+](c3ccccc3)c3ccccc3-4)ccc2c2ccc(-c3ccc4oc5ccccc5c4c3)cc12. The molecule has 2 aromatic heterocycles. The first-order chi connectivity index (χ1) is 23.2. The molecule has 4 nitrogen and oxygen atoms in total. The lowest BCUT2D eigenvalue weighted by Gasteiger charge is -2.15. The van der Waals surface area contributed by atoms with Crippen molar-refractivity contribution >= 4 is 60.7 Å². The van der Waals surface area contributed by atoms with Crippen LogP contribution in [0, 0.1) is 0 Å². The molecule has 0 amide bonds. The molecule has 0 radical (unpaired) electrons. The van der Waals surface area contributed by atoms with Crippen molar-refractivity contribution in [2.24, 2.45) is 0 Å². The van der Waals surface area contributed by atoms with Gasteiger partial charge in [0.1, 0.15) is 33.8 Å². The average molecular weight is 605 g/mol. The first-order valence-corrected chi connectivity index (χ1v) is 15.8. The van der Waals surface area contributed by atoms with Crippen LogP contribution in [0.3, 0.4) is 0 Å². The van der Waals surface area contributed by atoms with Crippen molar-refractivity contribution in [3.8, 4) is 33.4 Å². The summed E-state index contributed by atoms with van der Waals surface area (Å²) >= 11 is 0. The van der Waals surface area contributed by atoms with Crippen LogP contribution in [0.25, 0.3) is 77.1 Å². The fourth-order valence-electron chi connectivity index (χ4n) is 7.36. The van der Waals surface area contributed by atoms with E-state index in [9.17, 15) is 4.79 Å². The number of nitrogens with one attached hydrogen (secondary N) is 1. The molecule has 1 aliphatic rings. The van der Waals surface area contributed by atoms with Crippen molar-refractivity contribution in [1.29, 1.82) is 0 Å². The smallest absolute Gasteiger partial charge is 0.344 e. The third-order valence-electron chi connectivity index (χ3n) is 9.60. The van der Waals surface area contributed by atoms with Crippen molar-refractivity contribution in [1.82, 2.24) is 0 Å². The van der Waals surface area contributed by atoms with Gasteiger partial charge >= 0.3 is 5.63 Å². The van der Waals surface area contributed by atoms with E-state index in [-0.39, 0.29) is 5.63 Å². The molecule has 0 spiro atoms. The number of furan rings is 1. The Labute approximate surface area is 269 Å². The molecule has 1 unspecified atom stereocenters. The third-order valence-corrected chi connectivity index (χ3v) is 9.60. The molecule has 0 saturated carbocycles. The van der Waals surface area contributed by atoms with Gasteiger partial charge in [-0.2, -0.15) is 0 Å². The van der Waals surface area contributed by atoms with Gasteiger partial charge in [-0.25, -0.2) is 9.69 Å². The molecule has 1 aliphatic heterocycles. The van der Waals surface area contributed by atoms with E-state index < -0.39 is 0 Å². The van der Waals surface area contributed by atoms with Gasteiger partial charge in [0.25, 0.3) is 0 Å². The number of quaternary nitrogens is 1. The van der Waals surface area contributed by atoms with Crippen LogP contribution in [0.5, 0.6) is 0 Å². The summed E-state index contributed by atoms with van der Waals surface area (Å²) < 4.78 is 12.0. The Morgan fingerprint density at radius 2 is 1.00 bits per heavy atom. The number of hydrogen-bond donors (Lipinski definition) is 1. The Balaban J connectivity index is 1.06. The predicted molar refractivity (Wildman–Crippen MR) is 190 cm³/mol. The first kappa shape index (κ1) is 26.0. The van der Waals surface area contributed by atoms with Gasteiger partial charge in [0.15, 0.2) is 0 Å². The number of benzene rings is 7. The van der Waals surface area contributed by atoms with Gasteiger partial charge < -0.3 is 8.83 Å². The lowest BCUT2D eigenvalue weighted by Crippen LogP contribution is -2.95. The van der Waals surface area contributed by atoms with Crippen molar-refractivity contribution in [3.05, 3.63) is 162 Å². The molecule has 4 heteroatoms. The summed E-state index contributed by atoms with van der Waals surface area (Å²) in [5.41, 5.74) is 12.1. The van der Waals surface area contributed by atoms with Gasteiger partial charge in [-0.1, -0.05) is 78.9 Å². The van der Waals surface area contributed by atoms with Gasteiger partial charge in [0.05, 0.1) is 5.39 Å². The molecule has 9 aromatic rings. The summed E-state index contributed by atoms with van der Waals surface area (Å²) in [7, 11) is 0. The van der Waals surface area contributed by atoms with Crippen LogP contribution < -0.4 is 10.5 Å². The molecule has 220 valence electrons. The highest BCUT2D eigenvalue weighted by molar-refractivity contribution is 6.08. The highest BCUT2D eigenvalue weighted by atomic mass is 16.4. The van der Waals surface area contributed by atoms with Crippen molar-refractivity contribution < 1.29 is 13.7 Å². The van der Waals surface area contributed by atoms with Crippen molar-refractivity contribution in [2.45, 2.75) is 0 Å². The number of hydrogen-bond acceptors (Lipinski definition) is 3. The van der Waals surface area contributed by atoms with E-state index in [1.165, 1.54) is 33.1 Å². The summed E-state index contributed by atoms with van der Waals surface area (Å²) in [5.74, 6) is 0. The Kier molecular flexibility index (Phi) is 5.47. The molecule has 47 heavy (non-hydrogen) atoms. The second-order valence-corrected chi connectivity index (χ2v) is 12.2. The normalized spacial score (nSPS) is 13.8. The van der Waals surface area contributed by atoms with Crippen molar-refractivity contribution in [2.75, 3.05) is 0 Å². The van der Waals surface area contributed by atoms with Crippen LogP contribution in [0.2, 0.25) is 0 Å². The monoisotopic (exact) mass is 604 g/mol. The van der Waals surface area contributed by atoms with Gasteiger partial charge in [-0.3, -0.25) is 0 Å². The van der Waals surface area contributed by atoms with E-state index in [0.717, 1.165) is 55.0 Å². The summed E-state index contributed by atoms with van der Waals surface area (Å²) in [4.78, 5) is 14.7.